The average molecular weight is 593 g/mol. The van der Waals surface area contributed by atoms with Gasteiger partial charge in [0.2, 0.25) is 17.7 Å². The molecule has 3 fully saturated rings. The van der Waals surface area contributed by atoms with Crippen molar-refractivity contribution in [2.24, 2.45) is 23.2 Å². The molecule has 0 bridgehead atoms. The summed E-state index contributed by atoms with van der Waals surface area (Å²) in [5.74, 6) is -4.87. The Bertz CT molecular complexity index is 1280. The summed E-state index contributed by atoms with van der Waals surface area (Å²) in [4.78, 5) is 56.8. The number of aromatic nitrogens is 1. The third-order valence-electron chi connectivity index (χ3n) is 8.58. The zero-order valence-corrected chi connectivity index (χ0v) is 24.0. The maximum Gasteiger partial charge on any atom is 0.471 e. The van der Waals surface area contributed by atoms with Gasteiger partial charge < -0.3 is 25.6 Å². The largest absolute Gasteiger partial charge is 0.486 e. The molecule has 14 heteroatoms. The highest BCUT2D eigenvalue weighted by Gasteiger charge is 2.70. The highest BCUT2D eigenvalue weighted by molar-refractivity contribution is 5.95. The maximum atomic E-state index is 13.8. The molecule has 1 aromatic heterocycles. The molecular formula is C28H35F3N6O5. The zero-order chi connectivity index (χ0) is 31.2. The van der Waals surface area contributed by atoms with Crippen molar-refractivity contribution in [1.82, 2.24) is 25.8 Å². The third kappa shape index (κ3) is 6.29. The van der Waals surface area contributed by atoms with E-state index in [4.69, 9.17) is 4.74 Å². The van der Waals surface area contributed by atoms with Crippen LogP contribution in [0.4, 0.5) is 13.2 Å². The third-order valence-corrected chi connectivity index (χ3v) is 8.58. The first-order valence-corrected chi connectivity index (χ1v) is 13.7. The normalized spacial score (nSPS) is 27.5. The van der Waals surface area contributed by atoms with Crippen LogP contribution >= 0.6 is 0 Å². The number of pyridine rings is 1. The van der Waals surface area contributed by atoms with Crippen LogP contribution in [0.3, 0.4) is 0 Å². The zero-order valence-electron chi connectivity index (χ0n) is 24.0. The molecular weight excluding hydrogens is 557 g/mol. The van der Waals surface area contributed by atoms with Gasteiger partial charge in [0, 0.05) is 24.2 Å². The Labute approximate surface area is 241 Å². The topological polar surface area (TPSA) is 154 Å². The minimum absolute atomic E-state index is 0.0654. The number of nitrogens with zero attached hydrogens (tertiary/aromatic N) is 3. The van der Waals surface area contributed by atoms with Gasteiger partial charge in [0.1, 0.15) is 30.0 Å². The van der Waals surface area contributed by atoms with Gasteiger partial charge in [-0.15, -0.1) is 0 Å². The predicted molar refractivity (Wildman–Crippen MR) is 141 cm³/mol. The molecule has 2 saturated heterocycles. The molecule has 11 nitrogen and oxygen atoms in total. The van der Waals surface area contributed by atoms with Crippen molar-refractivity contribution in [2.45, 2.75) is 83.4 Å². The number of nitrogens with one attached hydrogen (secondary N) is 3. The van der Waals surface area contributed by atoms with Crippen LogP contribution in [0.25, 0.3) is 0 Å². The fraction of sp³-hybridized carbons (Fsp3) is 0.643. The number of hydrogen-bond acceptors (Lipinski definition) is 7. The van der Waals surface area contributed by atoms with E-state index >= 15 is 0 Å². The molecule has 4 amide bonds. The summed E-state index contributed by atoms with van der Waals surface area (Å²) in [6.45, 7) is 8.97. The summed E-state index contributed by atoms with van der Waals surface area (Å²) >= 11 is 0. The summed E-state index contributed by atoms with van der Waals surface area (Å²) in [5.41, 5.74) is -0.783. The summed E-state index contributed by atoms with van der Waals surface area (Å²) in [6.07, 6.45) is -3.23. The van der Waals surface area contributed by atoms with Crippen molar-refractivity contribution < 1.29 is 37.1 Å². The number of carbonyl (C=O) groups excluding carboxylic acids is 4. The van der Waals surface area contributed by atoms with Gasteiger partial charge in [-0.2, -0.15) is 18.4 Å². The number of fused-ring (bicyclic) bond motifs is 1. The number of amides is 4. The Hall–Kier alpha value is -3.89. The second kappa shape index (κ2) is 11.1. The number of carbonyl (C=O) groups is 4. The van der Waals surface area contributed by atoms with Crippen molar-refractivity contribution in [1.29, 1.82) is 5.26 Å². The minimum atomic E-state index is -5.26. The molecule has 7 atom stereocenters. The molecule has 4 rings (SSSR count). The molecule has 0 unspecified atom stereocenters. The summed E-state index contributed by atoms with van der Waals surface area (Å²) in [5, 5.41) is 17.0. The van der Waals surface area contributed by atoms with Crippen LogP contribution in [0.15, 0.2) is 24.5 Å². The van der Waals surface area contributed by atoms with Crippen molar-refractivity contribution in [3.05, 3.63) is 24.5 Å². The molecule has 42 heavy (non-hydrogen) atoms. The number of hydrogen-bond donors (Lipinski definition) is 3. The predicted octanol–water partition coefficient (Wildman–Crippen LogP) is 1.69. The van der Waals surface area contributed by atoms with Crippen LogP contribution in [-0.2, 0) is 19.2 Å². The van der Waals surface area contributed by atoms with E-state index < -0.39 is 59.6 Å². The molecule has 3 heterocycles. The first-order chi connectivity index (χ1) is 19.5. The fourth-order valence-corrected chi connectivity index (χ4v) is 6.37. The number of alkyl halides is 3. The molecule has 228 valence electrons. The lowest BCUT2D eigenvalue weighted by Crippen LogP contribution is -2.61. The summed E-state index contributed by atoms with van der Waals surface area (Å²) in [6, 6.07) is 1.12. The Morgan fingerprint density at radius 1 is 1.26 bits per heavy atom. The quantitative estimate of drug-likeness (QED) is 0.395. The highest BCUT2D eigenvalue weighted by Crippen LogP contribution is 2.65. The van der Waals surface area contributed by atoms with E-state index in [-0.39, 0.29) is 41.9 Å². The van der Waals surface area contributed by atoms with Gasteiger partial charge in [0.05, 0.1) is 12.3 Å². The van der Waals surface area contributed by atoms with E-state index in [9.17, 15) is 37.6 Å². The average Bonchev–Trinajstić information content (AvgIpc) is 3.18. The number of ether oxygens (including phenoxy) is 1. The molecule has 0 radical (unpaired) electrons. The fourth-order valence-electron chi connectivity index (χ4n) is 6.37. The van der Waals surface area contributed by atoms with E-state index in [0.717, 1.165) is 0 Å². The lowest BCUT2D eigenvalue weighted by Gasteiger charge is -2.35. The van der Waals surface area contributed by atoms with E-state index in [0.29, 0.717) is 6.42 Å². The number of nitriles is 1. The Kier molecular flexibility index (Phi) is 8.19. The molecule has 3 aliphatic rings. The molecule has 1 saturated carbocycles. The molecule has 2 aliphatic heterocycles. The van der Waals surface area contributed by atoms with Gasteiger partial charge in [-0.05, 0) is 63.0 Å². The van der Waals surface area contributed by atoms with Crippen LogP contribution in [0.1, 0.15) is 47.5 Å². The van der Waals surface area contributed by atoms with Crippen molar-refractivity contribution in [3.8, 4) is 11.8 Å². The van der Waals surface area contributed by atoms with Crippen molar-refractivity contribution in [2.75, 3.05) is 6.54 Å². The lowest BCUT2D eigenvalue weighted by molar-refractivity contribution is -0.176. The molecule has 3 N–H and O–H groups in total. The van der Waals surface area contributed by atoms with Gasteiger partial charge >= 0.3 is 12.1 Å². The van der Waals surface area contributed by atoms with Crippen molar-refractivity contribution >= 4 is 23.6 Å². The number of piperidine rings is 1. The highest BCUT2D eigenvalue weighted by atomic mass is 19.4. The standard InChI is InChI=1S/C28H35F3N6O5/c1-14(42-17-7-6-8-33-12-17)20(35-25(41)28(29,30)31)24(40)37-13-18-19(27(18,4)5)21(37)23(39)34-16(11-32)9-15-10-26(2,3)36-22(15)38/h6-8,12,14-16,18-21H,9-10,13H2,1-5H3,(H,34,39)(H,35,41)(H,36,38)/t14-,15-,16+,18+,19+,20+,21+/m1/s1. The second-order valence-corrected chi connectivity index (χ2v) is 12.5. The first kappa shape index (κ1) is 31.1. The minimum Gasteiger partial charge on any atom is -0.486 e. The van der Waals surface area contributed by atoms with Crippen LogP contribution in [-0.4, -0.2) is 76.0 Å². The molecule has 1 aromatic rings. The smallest absolute Gasteiger partial charge is 0.471 e. The van der Waals surface area contributed by atoms with Crippen LogP contribution in [0, 0.1) is 34.5 Å². The maximum absolute atomic E-state index is 13.8. The monoisotopic (exact) mass is 592 g/mol. The van der Waals surface area contributed by atoms with Gasteiger partial charge in [-0.3, -0.25) is 24.2 Å². The van der Waals surface area contributed by atoms with Gasteiger partial charge in [0.15, 0.2) is 0 Å². The Morgan fingerprint density at radius 2 is 1.95 bits per heavy atom. The van der Waals surface area contributed by atoms with E-state index in [2.05, 4.69) is 15.6 Å². The summed E-state index contributed by atoms with van der Waals surface area (Å²) < 4.78 is 45.3. The Balaban J connectivity index is 1.55. The van der Waals surface area contributed by atoms with E-state index in [1.54, 1.807) is 5.32 Å². The molecule has 1 aliphatic carbocycles. The van der Waals surface area contributed by atoms with E-state index in [1.165, 1.54) is 36.4 Å². The lowest BCUT2D eigenvalue weighted by atomic mass is 9.91. The van der Waals surface area contributed by atoms with Crippen LogP contribution < -0.4 is 20.7 Å². The van der Waals surface area contributed by atoms with Crippen molar-refractivity contribution in [3.63, 3.8) is 0 Å². The number of likely N-dealkylation sites (tertiary alicyclic amines) is 1. The van der Waals surface area contributed by atoms with Crippen LogP contribution in [0.5, 0.6) is 5.75 Å². The van der Waals surface area contributed by atoms with E-state index in [1.807, 2.05) is 33.8 Å². The number of rotatable bonds is 9. The Morgan fingerprint density at radius 3 is 2.50 bits per heavy atom. The molecule has 0 aromatic carbocycles. The number of halogens is 3. The van der Waals surface area contributed by atoms with Gasteiger partial charge in [-0.25, -0.2) is 0 Å². The molecule has 0 spiro atoms. The van der Waals surface area contributed by atoms with Gasteiger partial charge in [0.25, 0.3) is 0 Å². The SMILES string of the molecule is C[C@@H](Oc1cccnc1)[C@H](NC(=O)C(F)(F)F)C(=O)N1C[C@H]2[C@@H]([C@H]1C(=O)N[C@H](C#N)C[C@@H]1CC(C)(C)NC1=O)C2(C)C. The van der Waals surface area contributed by atoms with Gasteiger partial charge in [-0.1, -0.05) is 13.8 Å². The second-order valence-electron chi connectivity index (χ2n) is 12.5. The first-order valence-electron chi connectivity index (χ1n) is 13.7. The summed E-state index contributed by atoms with van der Waals surface area (Å²) in [7, 11) is 0. The van der Waals surface area contributed by atoms with Crippen LogP contribution in [0.2, 0.25) is 0 Å².